The van der Waals surface area contributed by atoms with Gasteiger partial charge < -0.3 is 14.6 Å². The van der Waals surface area contributed by atoms with Gasteiger partial charge in [0, 0.05) is 11.6 Å². The maximum atomic E-state index is 10.5. The Morgan fingerprint density at radius 3 is 2.80 bits per heavy atom. The highest BCUT2D eigenvalue weighted by atomic mass is 16.5. The molecule has 2 rings (SSSR count). The third kappa shape index (κ3) is 4.10. The molecule has 0 saturated heterocycles. The van der Waals surface area contributed by atoms with Crippen molar-refractivity contribution < 1.29 is 19.4 Å². The average Bonchev–Trinajstić information content (AvgIpc) is 2.96. The Labute approximate surface area is 119 Å². The number of aliphatic carboxylic acids is 1. The first-order valence-corrected chi connectivity index (χ1v) is 6.88. The standard InChI is InChI=1S/C16H20O4/c1-19-15-8-6-12(7-9-16(17)18)10-13(15)11-20-14-4-2-3-5-14/h6-10,14H,2-5,11H2,1H3,(H,17,18). The molecule has 1 saturated carbocycles. The molecule has 0 spiro atoms. The van der Waals surface area contributed by atoms with Gasteiger partial charge in [0.25, 0.3) is 0 Å². The van der Waals surface area contributed by atoms with E-state index in [4.69, 9.17) is 14.6 Å². The number of hydrogen-bond acceptors (Lipinski definition) is 3. The second-order valence-electron chi connectivity index (χ2n) is 4.96. The van der Waals surface area contributed by atoms with E-state index in [0.717, 1.165) is 35.8 Å². The Balaban J connectivity index is 2.07. The Kier molecular flexibility index (Phi) is 5.18. The number of hydrogen-bond donors (Lipinski definition) is 1. The van der Waals surface area contributed by atoms with E-state index in [1.807, 2.05) is 18.2 Å². The summed E-state index contributed by atoms with van der Waals surface area (Å²) in [4.78, 5) is 10.5. The largest absolute Gasteiger partial charge is 0.496 e. The van der Waals surface area contributed by atoms with Crippen LogP contribution >= 0.6 is 0 Å². The minimum atomic E-state index is -0.954. The number of carboxylic acids is 1. The summed E-state index contributed by atoms with van der Waals surface area (Å²) in [5.41, 5.74) is 1.78. The summed E-state index contributed by atoms with van der Waals surface area (Å²) in [6.45, 7) is 0.503. The molecule has 1 N–H and O–H groups in total. The SMILES string of the molecule is COc1ccc(C=CC(=O)O)cc1COC1CCCC1. The molecule has 1 fully saturated rings. The molecule has 0 amide bonds. The van der Waals surface area contributed by atoms with Gasteiger partial charge in [-0.3, -0.25) is 0 Å². The minimum absolute atomic E-state index is 0.345. The summed E-state index contributed by atoms with van der Waals surface area (Å²) in [6, 6.07) is 5.58. The van der Waals surface area contributed by atoms with Crippen molar-refractivity contribution in [3.63, 3.8) is 0 Å². The Morgan fingerprint density at radius 2 is 2.15 bits per heavy atom. The topological polar surface area (TPSA) is 55.8 Å². The van der Waals surface area contributed by atoms with Gasteiger partial charge in [-0.05, 0) is 36.6 Å². The summed E-state index contributed by atoms with van der Waals surface area (Å²) < 4.78 is 11.2. The smallest absolute Gasteiger partial charge is 0.328 e. The zero-order valence-electron chi connectivity index (χ0n) is 11.7. The molecule has 20 heavy (non-hydrogen) atoms. The molecule has 0 radical (unpaired) electrons. The van der Waals surface area contributed by atoms with Crippen molar-refractivity contribution in [2.75, 3.05) is 7.11 Å². The molecule has 0 unspecified atom stereocenters. The lowest BCUT2D eigenvalue weighted by atomic mass is 10.1. The van der Waals surface area contributed by atoms with Crippen molar-refractivity contribution >= 4 is 12.0 Å². The lowest BCUT2D eigenvalue weighted by molar-refractivity contribution is -0.131. The molecule has 4 nitrogen and oxygen atoms in total. The predicted octanol–water partition coefficient (Wildman–Crippen LogP) is 3.25. The van der Waals surface area contributed by atoms with Gasteiger partial charge in [-0.15, -0.1) is 0 Å². The normalized spacial score (nSPS) is 15.8. The highest BCUT2D eigenvalue weighted by molar-refractivity contribution is 5.85. The van der Waals surface area contributed by atoms with Gasteiger partial charge in [0.1, 0.15) is 5.75 Å². The van der Waals surface area contributed by atoms with E-state index in [9.17, 15) is 4.79 Å². The van der Waals surface area contributed by atoms with E-state index in [0.29, 0.717) is 12.7 Å². The average molecular weight is 276 g/mol. The fraction of sp³-hybridized carbons (Fsp3) is 0.438. The quantitative estimate of drug-likeness (QED) is 0.810. The molecule has 0 heterocycles. The highest BCUT2D eigenvalue weighted by Gasteiger charge is 2.16. The number of rotatable bonds is 6. The summed E-state index contributed by atoms with van der Waals surface area (Å²) >= 11 is 0. The molecule has 1 aliphatic carbocycles. The van der Waals surface area contributed by atoms with Gasteiger partial charge in [0.15, 0.2) is 0 Å². The monoisotopic (exact) mass is 276 g/mol. The van der Waals surface area contributed by atoms with Crippen LogP contribution in [0.15, 0.2) is 24.3 Å². The zero-order chi connectivity index (χ0) is 14.4. The van der Waals surface area contributed by atoms with Gasteiger partial charge in [0.05, 0.1) is 19.8 Å². The lowest BCUT2D eigenvalue weighted by Gasteiger charge is -2.14. The van der Waals surface area contributed by atoms with E-state index in [1.54, 1.807) is 13.2 Å². The first kappa shape index (κ1) is 14.6. The number of methoxy groups -OCH3 is 1. The van der Waals surface area contributed by atoms with Gasteiger partial charge in [-0.1, -0.05) is 18.9 Å². The fourth-order valence-corrected chi connectivity index (χ4v) is 2.45. The molecule has 108 valence electrons. The molecule has 1 aliphatic rings. The van der Waals surface area contributed by atoms with Crippen LogP contribution in [0.4, 0.5) is 0 Å². The predicted molar refractivity (Wildman–Crippen MR) is 76.7 cm³/mol. The highest BCUT2D eigenvalue weighted by Crippen LogP contribution is 2.26. The van der Waals surface area contributed by atoms with E-state index in [1.165, 1.54) is 12.8 Å². The number of carboxylic acid groups (broad SMARTS) is 1. The van der Waals surface area contributed by atoms with Crippen molar-refractivity contribution in [3.8, 4) is 5.75 Å². The number of benzene rings is 1. The third-order valence-corrected chi connectivity index (χ3v) is 3.50. The van der Waals surface area contributed by atoms with Gasteiger partial charge in [-0.2, -0.15) is 0 Å². The fourth-order valence-electron chi connectivity index (χ4n) is 2.45. The molecular formula is C16H20O4. The van der Waals surface area contributed by atoms with Crippen LogP contribution in [-0.4, -0.2) is 24.3 Å². The number of ether oxygens (including phenoxy) is 2. The first-order chi connectivity index (χ1) is 9.69. The molecule has 4 heteroatoms. The summed E-state index contributed by atoms with van der Waals surface area (Å²) in [6.07, 6.45) is 7.77. The van der Waals surface area contributed by atoms with Gasteiger partial charge in [0.2, 0.25) is 0 Å². The third-order valence-electron chi connectivity index (χ3n) is 3.50. The van der Waals surface area contributed by atoms with Crippen LogP contribution < -0.4 is 4.74 Å². The van der Waals surface area contributed by atoms with Crippen LogP contribution in [0.5, 0.6) is 5.75 Å². The summed E-state index contributed by atoms with van der Waals surface area (Å²) in [5, 5.41) is 8.66. The van der Waals surface area contributed by atoms with E-state index in [2.05, 4.69) is 0 Å². The van der Waals surface area contributed by atoms with Crippen molar-refractivity contribution in [3.05, 3.63) is 35.4 Å². The van der Waals surface area contributed by atoms with Crippen molar-refractivity contribution in [2.45, 2.75) is 38.4 Å². The van der Waals surface area contributed by atoms with Crippen LogP contribution in [-0.2, 0) is 16.1 Å². The van der Waals surface area contributed by atoms with Crippen LogP contribution in [0.3, 0.4) is 0 Å². The lowest BCUT2D eigenvalue weighted by Crippen LogP contribution is -2.08. The van der Waals surface area contributed by atoms with Crippen molar-refractivity contribution in [1.82, 2.24) is 0 Å². The maximum absolute atomic E-state index is 10.5. The van der Waals surface area contributed by atoms with E-state index in [-0.39, 0.29) is 0 Å². The summed E-state index contributed by atoms with van der Waals surface area (Å²) in [7, 11) is 1.63. The minimum Gasteiger partial charge on any atom is -0.496 e. The van der Waals surface area contributed by atoms with Crippen LogP contribution in [0.1, 0.15) is 36.8 Å². The van der Waals surface area contributed by atoms with Crippen molar-refractivity contribution in [1.29, 1.82) is 0 Å². The second kappa shape index (κ2) is 7.10. The van der Waals surface area contributed by atoms with Crippen molar-refractivity contribution in [2.24, 2.45) is 0 Å². The Hall–Kier alpha value is -1.81. The molecule has 1 aromatic carbocycles. The molecule has 0 bridgehead atoms. The molecule has 0 aromatic heterocycles. The van der Waals surface area contributed by atoms with Crippen LogP contribution in [0, 0.1) is 0 Å². The molecule has 0 aliphatic heterocycles. The van der Waals surface area contributed by atoms with Gasteiger partial charge >= 0.3 is 5.97 Å². The Morgan fingerprint density at radius 1 is 1.40 bits per heavy atom. The zero-order valence-corrected chi connectivity index (χ0v) is 11.7. The van der Waals surface area contributed by atoms with E-state index < -0.39 is 5.97 Å². The van der Waals surface area contributed by atoms with Crippen LogP contribution in [0.2, 0.25) is 0 Å². The second-order valence-corrected chi connectivity index (χ2v) is 4.96. The molecule has 1 aromatic rings. The maximum Gasteiger partial charge on any atom is 0.328 e. The molecular weight excluding hydrogens is 256 g/mol. The first-order valence-electron chi connectivity index (χ1n) is 6.88. The Bertz CT molecular complexity index is 487. The van der Waals surface area contributed by atoms with Crippen LogP contribution in [0.25, 0.3) is 6.08 Å². The molecule has 0 atom stereocenters. The summed E-state index contributed by atoms with van der Waals surface area (Å²) in [5.74, 6) is -0.181. The van der Waals surface area contributed by atoms with E-state index >= 15 is 0 Å². The van der Waals surface area contributed by atoms with Gasteiger partial charge in [-0.25, -0.2) is 4.79 Å². The number of carbonyl (C=O) groups is 1.